The normalized spacial score (nSPS) is 12.6. The van der Waals surface area contributed by atoms with E-state index >= 15 is 0 Å². The van der Waals surface area contributed by atoms with Crippen molar-refractivity contribution in [2.24, 2.45) is 5.92 Å². The second-order valence-electron chi connectivity index (χ2n) is 3.43. The Labute approximate surface area is 92.2 Å². The average molecular weight is 266 g/mol. The Morgan fingerprint density at radius 2 is 2.00 bits per heavy atom. The first kappa shape index (κ1) is 13.4. The smallest absolute Gasteiger partial charge is 0.303 e. The molecule has 0 aliphatic rings. The van der Waals surface area contributed by atoms with Crippen molar-refractivity contribution in [2.75, 3.05) is 6.54 Å². The summed E-state index contributed by atoms with van der Waals surface area (Å²) in [7, 11) is 0. The maximum absolute atomic E-state index is 11.3. The Bertz CT molecular complexity index is 206. The number of aliphatic carboxylic acids is 1. The number of hydrogen-bond donors (Lipinski definition) is 2. The lowest BCUT2D eigenvalue weighted by Crippen LogP contribution is -2.34. The lowest BCUT2D eigenvalue weighted by molar-refractivity contribution is -0.137. The molecule has 0 heterocycles. The van der Waals surface area contributed by atoms with E-state index in [9.17, 15) is 9.59 Å². The van der Waals surface area contributed by atoms with Crippen LogP contribution in [0.15, 0.2) is 0 Å². The van der Waals surface area contributed by atoms with Gasteiger partial charge >= 0.3 is 5.97 Å². The fourth-order valence-electron chi connectivity index (χ4n) is 0.851. The summed E-state index contributed by atoms with van der Waals surface area (Å²) in [5.74, 6) is -0.682. The van der Waals surface area contributed by atoms with Gasteiger partial charge in [0.15, 0.2) is 0 Å². The van der Waals surface area contributed by atoms with E-state index in [-0.39, 0.29) is 23.1 Å². The van der Waals surface area contributed by atoms with Crippen LogP contribution in [0.25, 0.3) is 0 Å². The molecule has 1 unspecified atom stereocenters. The molecular formula is C9H16BrNO3. The summed E-state index contributed by atoms with van der Waals surface area (Å²) in [5.41, 5.74) is 0. The summed E-state index contributed by atoms with van der Waals surface area (Å²) in [5, 5.41) is 11.0. The van der Waals surface area contributed by atoms with Crippen LogP contribution in [0.4, 0.5) is 0 Å². The number of hydrogen-bond acceptors (Lipinski definition) is 2. The molecular weight excluding hydrogens is 250 g/mol. The van der Waals surface area contributed by atoms with Gasteiger partial charge in [-0.05, 0) is 12.3 Å². The van der Waals surface area contributed by atoms with Crippen LogP contribution in [-0.4, -0.2) is 28.4 Å². The van der Waals surface area contributed by atoms with E-state index in [2.05, 4.69) is 21.2 Å². The minimum Gasteiger partial charge on any atom is -0.481 e. The summed E-state index contributed by atoms with van der Waals surface area (Å²) in [4.78, 5) is 21.3. The third-order valence-electron chi connectivity index (χ3n) is 1.70. The predicted octanol–water partition coefficient (Wildman–Crippen LogP) is 1.39. The molecule has 0 aliphatic carbocycles. The largest absolute Gasteiger partial charge is 0.481 e. The van der Waals surface area contributed by atoms with Crippen LogP contribution in [0.1, 0.15) is 26.7 Å². The molecule has 0 aromatic carbocycles. The Kier molecular flexibility index (Phi) is 6.53. The molecule has 0 aliphatic heterocycles. The molecule has 0 rings (SSSR count). The monoisotopic (exact) mass is 265 g/mol. The highest BCUT2D eigenvalue weighted by Crippen LogP contribution is 2.11. The van der Waals surface area contributed by atoms with Crippen LogP contribution >= 0.6 is 15.9 Å². The van der Waals surface area contributed by atoms with E-state index in [0.29, 0.717) is 13.0 Å². The molecule has 1 atom stereocenters. The zero-order valence-corrected chi connectivity index (χ0v) is 10.0. The van der Waals surface area contributed by atoms with E-state index in [0.717, 1.165) is 0 Å². The first-order valence-electron chi connectivity index (χ1n) is 4.58. The second-order valence-corrected chi connectivity index (χ2v) is 4.42. The number of amides is 1. The van der Waals surface area contributed by atoms with Gasteiger partial charge < -0.3 is 10.4 Å². The minimum absolute atomic E-state index is 0.0783. The molecule has 4 nitrogen and oxygen atoms in total. The van der Waals surface area contributed by atoms with E-state index in [1.807, 2.05) is 13.8 Å². The van der Waals surface area contributed by atoms with E-state index in [1.54, 1.807) is 0 Å². The van der Waals surface area contributed by atoms with Crippen molar-refractivity contribution in [1.82, 2.24) is 5.32 Å². The van der Waals surface area contributed by atoms with Gasteiger partial charge in [0.1, 0.15) is 0 Å². The standard InChI is InChI=1S/C9H16BrNO3/c1-6(2)8(10)9(14)11-5-3-4-7(12)13/h6,8H,3-5H2,1-2H3,(H,11,14)(H,12,13). The van der Waals surface area contributed by atoms with Crippen molar-refractivity contribution in [2.45, 2.75) is 31.5 Å². The molecule has 0 fully saturated rings. The first-order chi connectivity index (χ1) is 6.45. The maximum Gasteiger partial charge on any atom is 0.303 e. The Morgan fingerprint density at radius 1 is 1.43 bits per heavy atom. The van der Waals surface area contributed by atoms with Crippen LogP contribution in [0, 0.1) is 5.92 Å². The molecule has 14 heavy (non-hydrogen) atoms. The molecule has 0 saturated heterocycles. The van der Waals surface area contributed by atoms with Gasteiger partial charge in [0.05, 0.1) is 4.83 Å². The molecule has 0 aromatic rings. The van der Waals surface area contributed by atoms with Crippen molar-refractivity contribution in [3.63, 3.8) is 0 Å². The van der Waals surface area contributed by atoms with Crippen LogP contribution in [0.3, 0.4) is 0 Å². The molecule has 82 valence electrons. The number of carbonyl (C=O) groups is 2. The summed E-state index contributed by atoms with van der Waals surface area (Å²) in [6, 6.07) is 0. The average Bonchev–Trinajstić information content (AvgIpc) is 2.10. The fourth-order valence-corrected chi connectivity index (χ4v) is 1.01. The van der Waals surface area contributed by atoms with Gasteiger partial charge in [0.25, 0.3) is 0 Å². The zero-order valence-electron chi connectivity index (χ0n) is 8.42. The third-order valence-corrected chi connectivity index (χ3v) is 3.18. The van der Waals surface area contributed by atoms with Gasteiger partial charge in [0.2, 0.25) is 5.91 Å². The molecule has 0 radical (unpaired) electrons. The maximum atomic E-state index is 11.3. The Hall–Kier alpha value is -0.580. The number of alkyl halides is 1. The quantitative estimate of drug-likeness (QED) is 0.564. The van der Waals surface area contributed by atoms with Crippen molar-refractivity contribution < 1.29 is 14.7 Å². The van der Waals surface area contributed by atoms with Gasteiger partial charge in [-0.2, -0.15) is 0 Å². The van der Waals surface area contributed by atoms with E-state index < -0.39 is 5.97 Å². The second kappa shape index (κ2) is 6.81. The van der Waals surface area contributed by atoms with Crippen molar-refractivity contribution >= 4 is 27.8 Å². The lowest BCUT2D eigenvalue weighted by Gasteiger charge is -2.13. The number of carboxylic acid groups (broad SMARTS) is 1. The lowest BCUT2D eigenvalue weighted by atomic mass is 10.1. The predicted molar refractivity (Wildman–Crippen MR) is 57.4 cm³/mol. The van der Waals surface area contributed by atoms with Gasteiger partial charge in [0, 0.05) is 13.0 Å². The molecule has 1 amide bonds. The number of nitrogens with one attached hydrogen (secondary N) is 1. The summed E-state index contributed by atoms with van der Waals surface area (Å²) in [6.07, 6.45) is 0.563. The highest BCUT2D eigenvalue weighted by atomic mass is 79.9. The van der Waals surface area contributed by atoms with Crippen molar-refractivity contribution in [3.05, 3.63) is 0 Å². The van der Waals surface area contributed by atoms with Crippen LogP contribution in [0.2, 0.25) is 0 Å². The number of halogens is 1. The number of carboxylic acids is 1. The molecule has 2 N–H and O–H groups in total. The number of rotatable bonds is 6. The summed E-state index contributed by atoms with van der Waals surface area (Å²) in [6.45, 7) is 4.30. The first-order valence-corrected chi connectivity index (χ1v) is 5.50. The van der Waals surface area contributed by atoms with E-state index in [4.69, 9.17) is 5.11 Å². The summed E-state index contributed by atoms with van der Waals surface area (Å²) >= 11 is 3.26. The van der Waals surface area contributed by atoms with E-state index in [1.165, 1.54) is 0 Å². The molecule has 0 saturated carbocycles. The Morgan fingerprint density at radius 3 is 2.43 bits per heavy atom. The SMILES string of the molecule is CC(C)C(Br)C(=O)NCCCC(=O)O. The summed E-state index contributed by atoms with van der Waals surface area (Å²) < 4.78 is 0. The van der Waals surface area contributed by atoms with Gasteiger partial charge in [-0.3, -0.25) is 9.59 Å². The molecule has 0 aromatic heterocycles. The van der Waals surface area contributed by atoms with Crippen LogP contribution in [0.5, 0.6) is 0 Å². The highest BCUT2D eigenvalue weighted by molar-refractivity contribution is 9.10. The molecule has 0 bridgehead atoms. The Balaban J connectivity index is 3.59. The van der Waals surface area contributed by atoms with Gasteiger partial charge in [-0.1, -0.05) is 29.8 Å². The van der Waals surface area contributed by atoms with Crippen molar-refractivity contribution in [3.8, 4) is 0 Å². The van der Waals surface area contributed by atoms with Crippen molar-refractivity contribution in [1.29, 1.82) is 0 Å². The fraction of sp³-hybridized carbons (Fsp3) is 0.778. The van der Waals surface area contributed by atoms with Crippen LogP contribution < -0.4 is 5.32 Å². The highest BCUT2D eigenvalue weighted by Gasteiger charge is 2.17. The van der Waals surface area contributed by atoms with Crippen LogP contribution in [-0.2, 0) is 9.59 Å². The topological polar surface area (TPSA) is 66.4 Å². The third kappa shape index (κ3) is 5.96. The zero-order chi connectivity index (χ0) is 11.1. The molecule has 0 spiro atoms. The van der Waals surface area contributed by atoms with Gasteiger partial charge in [-0.25, -0.2) is 0 Å². The minimum atomic E-state index is -0.835. The number of carbonyl (C=O) groups excluding carboxylic acids is 1. The molecule has 5 heteroatoms. The van der Waals surface area contributed by atoms with Gasteiger partial charge in [-0.15, -0.1) is 0 Å².